The summed E-state index contributed by atoms with van der Waals surface area (Å²) in [5.74, 6) is 0.423. The Balaban J connectivity index is 1.45. The van der Waals surface area contributed by atoms with Crippen LogP contribution in [0, 0.1) is 6.92 Å². The van der Waals surface area contributed by atoms with Crippen LogP contribution in [0.25, 0.3) is 11.1 Å². The third kappa shape index (κ3) is 4.68. The number of aryl methyl sites for hydroxylation is 1. The van der Waals surface area contributed by atoms with Crippen molar-refractivity contribution in [2.45, 2.75) is 42.7 Å². The number of hydrogen-bond donors (Lipinski definition) is 1. The molecule has 2 aliphatic rings. The number of fused-ring (bicyclic) bond motifs is 1. The van der Waals surface area contributed by atoms with Crippen molar-refractivity contribution in [2.75, 3.05) is 33.4 Å². The highest BCUT2D eigenvalue weighted by molar-refractivity contribution is 7.89. The summed E-state index contributed by atoms with van der Waals surface area (Å²) in [7, 11) is -1.85. The van der Waals surface area contributed by atoms with Crippen LogP contribution in [0.4, 0.5) is 0 Å². The molecule has 5 rings (SSSR count). The Kier molecular flexibility index (Phi) is 7.17. The number of sulfonamides is 1. The first-order valence-corrected chi connectivity index (χ1v) is 14.0. The highest BCUT2D eigenvalue weighted by atomic mass is 32.2. The van der Waals surface area contributed by atoms with Gasteiger partial charge in [0.1, 0.15) is 5.75 Å². The van der Waals surface area contributed by atoms with Crippen molar-refractivity contribution < 1.29 is 18.3 Å². The smallest absolute Gasteiger partial charge is 0.243 e. The quantitative estimate of drug-likeness (QED) is 0.528. The minimum atomic E-state index is -3.59. The van der Waals surface area contributed by atoms with Crippen molar-refractivity contribution in [1.82, 2.24) is 9.21 Å². The summed E-state index contributed by atoms with van der Waals surface area (Å²) in [6.45, 7) is 4.43. The molecule has 3 aromatic carbocycles. The maximum absolute atomic E-state index is 13.7. The van der Waals surface area contributed by atoms with Crippen molar-refractivity contribution in [1.29, 1.82) is 0 Å². The van der Waals surface area contributed by atoms with Crippen LogP contribution in [-0.4, -0.2) is 68.2 Å². The zero-order chi connectivity index (χ0) is 25.3. The third-order valence-electron chi connectivity index (χ3n) is 7.67. The number of rotatable bonds is 6. The minimum absolute atomic E-state index is 0.0934. The fourth-order valence-corrected chi connectivity index (χ4v) is 7.57. The van der Waals surface area contributed by atoms with Crippen molar-refractivity contribution in [3.05, 3.63) is 83.9 Å². The summed E-state index contributed by atoms with van der Waals surface area (Å²) in [5.41, 5.74) is 3.97. The Hall–Kier alpha value is -2.71. The molecule has 1 unspecified atom stereocenters. The van der Waals surface area contributed by atoms with Gasteiger partial charge in [0.05, 0.1) is 11.5 Å². The van der Waals surface area contributed by atoms with E-state index in [-0.39, 0.29) is 23.8 Å². The standard InChI is InChI=1S/C29H34N2O4S/c1-21-8-3-4-11-28(21)36(33,34)30-16-5-6-17-31-26(19-30)29(27(31)20-35-2)23-14-12-22(13-15-23)24-9-7-10-25(32)18-24/h3-4,7-15,18,26-27,29,32H,5-6,16-17,19-20H2,1-2H3/t26-,27?,29-/m0/s1. The van der Waals surface area contributed by atoms with Crippen LogP contribution in [0.1, 0.15) is 29.9 Å². The summed E-state index contributed by atoms with van der Waals surface area (Å²) in [6, 6.07) is 23.3. The second kappa shape index (κ2) is 10.3. The normalized spacial score (nSPS) is 23.3. The molecular weight excluding hydrogens is 472 g/mol. The van der Waals surface area contributed by atoms with Gasteiger partial charge in [0.25, 0.3) is 0 Å². The van der Waals surface area contributed by atoms with Gasteiger partial charge in [0.2, 0.25) is 10.0 Å². The second-order valence-electron chi connectivity index (χ2n) is 9.86. The number of aromatic hydroxyl groups is 1. The van der Waals surface area contributed by atoms with Gasteiger partial charge >= 0.3 is 0 Å². The maximum Gasteiger partial charge on any atom is 0.243 e. The van der Waals surface area contributed by atoms with Crippen LogP contribution in [0.15, 0.2) is 77.7 Å². The van der Waals surface area contributed by atoms with Gasteiger partial charge in [0.15, 0.2) is 0 Å². The van der Waals surface area contributed by atoms with Gasteiger partial charge in [0, 0.05) is 38.2 Å². The molecule has 1 N–H and O–H groups in total. The van der Waals surface area contributed by atoms with E-state index in [2.05, 4.69) is 29.2 Å². The summed E-state index contributed by atoms with van der Waals surface area (Å²) in [4.78, 5) is 2.84. The zero-order valence-corrected chi connectivity index (χ0v) is 21.7. The molecule has 0 aliphatic carbocycles. The molecule has 2 heterocycles. The van der Waals surface area contributed by atoms with Crippen LogP contribution in [0.5, 0.6) is 5.75 Å². The largest absolute Gasteiger partial charge is 0.508 e. The summed E-state index contributed by atoms with van der Waals surface area (Å²) < 4.78 is 34.7. The van der Waals surface area contributed by atoms with Crippen LogP contribution in [-0.2, 0) is 14.8 Å². The average molecular weight is 507 g/mol. The lowest BCUT2D eigenvalue weighted by Gasteiger charge is -2.57. The van der Waals surface area contributed by atoms with E-state index in [0.29, 0.717) is 24.6 Å². The fourth-order valence-electron chi connectivity index (χ4n) is 5.85. The molecule has 0 aromatic heterocycles. The Morgan fingerprint density at radius 1 is 0.944 bits per heavy atom. The van der Waals surface area contributed by atoms with E-state index >= 15 is 0 Å². The van der Waals surface area contributed by atoms with Crippen molar-refractivity contribution in [2.24, 2.45) is 0 Å². The number of phenols is 1. The van der Waals surface area contributed by atoms with E-state index in [1.807, 2.05) is 31.2 Å². The Morgan fingerprint density at radius 2 is 1.69 bits per heavy atom. The van der Waals surface area contributed by atoms with Gasteiger partial charge in [-0.1, -0.05) is 54.6 Å². The number of ether oxygens (including phenoxy) is 1. The SMILES string of the molecule is COCC1[C@@H](c2ccc(-c3cccc(O)c3)cc2)[C@@H]2CN(S(=O)(=O)c3ccccc3C)CCCCN12. The zero-order valence-electron chi connectivity index (χ0n) is 20.9. The molecule has 0 saturated carbocycles. The third-order valence-corrected chi connectivity index (χ3v) is 9.69. The van der Waals surface area contributed by atoms with E-state index in [1.165, 1.54) is 5.56 Å². The Bertz CT molecular complexity index is 1310. The summed E-state index contributed by atoms with van der Waals surface area (Å²) in [6.07, 6.45) is 1.80. The first-order chi connectivity index (χ1) is 17.4. The Labute approximate surface area is 214 Å². The number of phenolic OH excluding ortho intramolecular Hbond substituents is 1. The van der Waals surface area contributed by atoms with Crippen LogP contribution in [0.2, 0.25) is 0 Å². The van der Waals surface area contributed by atoms with Gasteiger partial charge < -0.3 is 9.84 Å². The molecule has 2 aliphatic heterocycles. The lowest BCUT2D eigenvalue weighted by molar-refractivity contribution is -0.0635. The molecule has 0 bridgehead atoms. The highest BCUT2D eigenvalue weighted by Crippen LogP contribution is 2.43. The van der Waals surface area contributed by atoms with E-state index in [4.69, 9.17) is 4.74 Å². The molecule has 0 spiro atoms. The van der Waals surface area contributed by atoms with Gasteiger partial charge in [-0.25, -0.2) is 8.42 Å². The van der Waals surface area contributed by atoms with E-state index in [0.717, 1.165) is 36.1 Å². The second-order valence-corrected chi connectivity index (χ2v) is 11.8. The monoisotopic (exact) mass is 506 g/mol. The molecule has 3 aromatic rings. The number of hydrogen-bond acceptors (Lipinski definition) is 5. The fraction of sp³-hybridized carbons (Fsp3) is 0.379. The van der Waals surface area contributed by atoms with Crippen LogP contribution < -0.4 is 0 Å². The average Bonchev–Trinajstić information content (AvgIpc) is 2.85. The molecule has 6 nitrogen and oxygen atoms in total. The van der Waals surface area contributed by atoms with E-state index in [1.54, 1.807) is 35.7 Å². The van der Waals surface area contributed by atoms with Gasteiger partial charge in [-0.05, 0) is 66.8 Å². The van der Waals surface area contributed by atoms with Crippen molar-refractivity contribution in [3.63, 3.8) is 0 Å². The molecule has 2 saturated heterocycles. The Morgan fingerprint density at radius 3 is 2.42 bits per heavy atom. The lowest BCUT2D eigenvalue weighted by Crippen LogP contribution is -2.68. The molecule has 0 amide bonds. The molecular formula is C29H34N2O4S. The van der Waals surface area contributed by atoms with Gasteiger partial charge in [-0.2, -0.15) is 4.31 Å². The number of methoxy groups -OCH3 is 1. The van der Waals surface area contributed by atoms with Crippen molar-refractivity contribution in [3.8, 4) is 16.9 Å². The first-order valence-electron chi connectivity index (χ1n) is 12.6. The summed E-state index contributed by atoms with van der Waals surface area (Å²) >= 11 is 0. The first kappa shape index (κ1) is 25.0. The van der Waals surface area contributed by atoms with Crippen LogP contribution >= 0.6 is 0 Å². The molecule has 3 atom stereocenters. The molecule has 190 valence electrons. The van der Waals surface area contributed by atoms with E-state index in [9.17, 15) is 13.5 Å². The number of benzene rings is 3. The van der Waals surface area contributed by atoms with E-state index < -0.39 is 10.0 Å². The number of nitrogens with zero attached hydrogens (tertiary/aromatic N) is 2. The van der Waals surface area contributed by atoms with Crippen molar-refractivity contribution >= 4 is 10.0 Å². The minimum Gasteiger partial charge on any atom is -0.508 e. The predicted octanol–water partition coefficient (Wildman–Crippen LogP) is 4.64. The topological polar surface area (TPSA) is 70.1 Å². The summed E-state index contributed by atoms with van der Waals surface area (Å²) in [5, 5.41) is 9.85. The molecule has 2 fully saturated rings. The molecule has 36 heavy (non-hydrogen) atoms. The highest BCUT2D eigenvalue weighted by Gasteiger charge is 2.50. The molecule has 7 heteroatoms. The van der Waals surface area contributed by atoms with Crippen LogP contribution in [0.3, 0.4) is 0 Å². The predicted molar refractivity (Wildman–Crippen MR) is 142 cm³/mol. The molecule has 0 radical (unpaired) electrons. The van der Waals surface area contributed by atoms with Gasteiger partial charge in [-0.3, -0.25) is 4.90 Å². The maximum atomic E-state index is 13.7. The lowest BCUT2D eigenvalue weighted by atomic mass is 9.74. The van der Waals surface area contributed by atoms with Gasteiger partial charge in [-0.15, -0.1) is 0 Å².